The standard InChI is InChI=1S/C21H20N2O3/c24-20(19-14-16-7-1-3-8-17(16)21(25)26-19)22-11-5-12-23-13-10-15-6-2-4-9-18(15)23/h1-4,6-10,13,19H,5,11-12,14H2,(H,22,24)/t19-/m0/s1. The number of para-hydroxylation sites is 1. The molecule has 0 radical (unpaired) electrons. The van der Waals surface area contributed by atoms with Crippen LogP contribution in [0.1, 0.15) is 22.3 Å². The summed E-state index contributed by atoms with van der Waals surface area (Å²) in [4.78, 5) is 24.3. The van der Waals surface area contributed by atoms with E-state index in [9.17, 15) is 9.59 Å². The zero-order chi connectivity index (χ0) is 17.9. The Hall–Kier alpha value is -3.08. The third-order valence-electron chi connectivity index (χ3n) is 4.74. The monoisotopic (exact) mass is 348 g/mol. The van der Waals surface area contributed by atoms with Crippen molar-refractivity contribution in [2.24, 2.45) is 0 Å². The number of aromatic nitrogens is 1. The molecule has 0 saturated heterocycles. The molecule has 1 aromatic heterocycles. The first-order chi connectivity index (χ1) is 12.7. The molecule has 0 bridgehead atoms. The average Bonchev–Trinajstić information content (AvgIpc) is 3.08. The molecule has 132 valence electrons. The fraction of sp³-hybridized carbons (Fsp3) is 0.238. The van der Waals surface area contributed by atoms with Crippen molar-refractivity contribution in [1.82, 2.24) is 9.88 Å². The van der Waals surface area contributed by atoms with Crippen LogP contribution in [0.3, 0.4) is 0 Å². The lowest BCUT2D eigenvalue weighted by Crippen LogP contribution is -2.42. The molecule has 0 aliphatic carbocycles. The Kier molecular flexibility index (Phi) is 4.44. The van der Waals surface area contributed by atoms with E-state index in [0.29, 0.717) is 18.5 Å². The molecule has 1 aliphatic heterocycles. The van der Waals surface area contributed by atoms with Gasteiger partial charge >= 0.3 is 5.97 Å². The number of aryl methyl sites for hydroxylation is 1. The molecule has 26 heavy (non-hydrogen) atoms. The fourth-order valence-electron chi connectivity index (χ4n) is 3.39. The van der Waals surface area contributed by atoms with Crippen molar-refractivity contribution in [2.75, 3.05) is 6.54 Å². The topological polar surface area (TPSA) is 60.3 Å². The Labute approximate surface area is 151 Å². The van der Waals surface area contributed by atoms with Crippen LogP contribution in [0.15, 0.2) is 60.8 Å². The first-order valence-electron chi connectivity index (χ1n) is 8.83. The van der Waals surface area contributed by atoms with Crippen LogP contribution in [0, 0.1) is 0 Å². The third-order valence-corrected chi connectivity index (χ3v) is 4.74. The summed E-state index contributed by atoms with van der Waals surface area (Å²) in [6, 6.07) is 17.6. The van der Waals surface area contributed by atoms with Crippen molar-refractivity contribution in [2.45, 2.75) is 25.5 Å². The minimum Gasteiger partial charge on any atom is -0.448 e. The molecule has 0 fully saturated rings. The summed E-state index contributed by atoms with van der Waals surface area (Å²) < 4.78 is 7.46. The smallest absolute Gasteiger partial charge is 0.339 e. The molecule has 5 heteroatoms. The Morgan fingerprint density at radius 1 is 1.12 bits per heavy atom. The Morgan fingerprint density at radius 2 is 1.92 bits per heavy atom. The number of esters is 1. The van der Waals surface area contributed by atoms with E-state index in [1.54, 1.807) is 12.1 Å². The van der Waals surface area contributed by atoms with Gasteiger partial charge in [0.15, 0.2) is 6.10 Å². The van der Waals surface area contributed by atoms with Crippen molar-refractivity contribution >= 4 is 22.8 Å². The van der Waals surface area contributed by atoms with E-state index in [0.717, 1.165) is 18.5 Å². The Balaban J connectivity index is 1.30. The quantitative estimate of drug-likeness (QED) is 0.570. The maximum Gasteiger partial charge on any atom is 0.339 e. The van der Waals surface area contributed by atoms with Gasteiger partial charge in [0.25, 0.3) is 5.91 Å². The zero-order valence-electron chi connectivity index (χ0n) is 14.4. The molecule has 2 aromatic carbocycles. The van der Waals surface area contributed by atoms with Crippen molar-refractivity contribution in [3.63, 3.8) is 0 Å². The number of hydrogen-bond acceptors (Lipinski definition) is 3. The van der Waals surface area contributed by atoms with Crippen LogP contribution in [0.5, 0.6) is 0 Å². The van der Waals surface area contributed by atoms with Gasteiger partial charge in [0.2, 0.25) is 0 Å². The van der Waals surface area contributed by atoms with Crippen LogP contribution in [0.25, 0.3) is 10.9 Å². The largest absolute Gasteiger partial charge is 0.448 e. The first kappa shape index (κ1) is 16.4. The normalized spacial score (nSPS) is 16.2. The maximum absolute atomic E-state index is 12.3. The number of nitrogens with zero attached hydrogens (tertiary/aromatic N) is 1. The number of ether oxygens (including phenoxy) is 1. The van der Waals surface area contributed by atoms with E-state index in [1.807, 2.05) is 24.3 Å². The SMILES string of the molecule is O=C1O[C@H](C(=O)NCCCn2ccc3ccccc32)Cc2ccccc21. The lowest BCUT2D eigenvalue weighted by Gasteiger charge is -2.23. The summed E-state index contributed by atoms with van der Waals surface area (Å²) in [5.41, 5.74) is 2.61. The van der Waals surface area contributed by atoms with Crippen LogP contribution in [0.4, 0.5) is 0 Å². The van der Waals surface area contributed by atoms with Crippen molar-refractivity contribution in [1.29, 1.82) is 0 Å². The number of nitrogens with one attached hydrogen (secondary N) is 1. The number of carbonyl (C=O) groups is 2. The van der Waals surface area contributed by atoms with E-state index in [4.69, 9.17) is 4.74 Å². The maximum atomic E-state index is 12.3. The number of carbonyl (C=O) groups excluding carboxylic acids is 2. The number of cyclic esters (lactones) is 1. The highest BCUT2D eigenvalue weighted by Crippen LogP contribution is 2.20. The molecule has 0 saturated carbocycles. The van der Waals surface area contributed by atoms with Gasteiger partial charge < -0.3 is 14.6 Å². The molecule has 2 heterocycles. The second kappa shape index (κ2) is 7.04. The van der Waals surface area contributed by atoms with Gasteiger partial charge in [0, 0.05) is 31.2 Å². The Morgan fingerprint density at radius 3 is 2.85 bits per heavy atom. The van der Waals surface area contributed by atoms with Crippen LogP contribution in [-0.2, 0) is 22.5 Å². The molecular weight excluding hydrogens is 328 g/mol. The van der Waals surface area contributed by atoms with Crippen molar-refractivity contribution < 1.29 is 14.3 Å². The molecule has 1 aliphatic rings. The summed E-state index contributed by atoms with van der Waals surface area (Å²) in [6.07, 6.45) is 2.55. The molecule has 5 nitrogen and oxygen atoms in total. The lowest BCUT2D eigenvalue weighted by atomic mass is 9.98. The van der Waals surface area contributed by atoms with Crippen LogP contribution in [-0.4, -0.2) is 29.1 Å². The number of benzene rings is 2. The van der Waals surface area contributed by atoms with Gasteiger partial charge in [-0.15, -0.1) is 0 Å². The number of fused-ring (bicyclic) bond motifs is 2. The van der Waals surface area contributed by atoms with E-state index in [1.165, 1.54) is 10.9 Å². The van der Waals surface area contributed by atoms with Crippen molar-refractivity contribution in [3.05, 3.63) is 71.9 Å². The van der Waals surface area contributed by atoms with Gasteiger partial charge in [-0.2, -0.15) is 0 Å². The first-order valence-corrected chi connectivity index (χ1v) is 8.83. The number of amides is 1. The highest BCUT2D eigenvalue weighted by molar-refractivity contribution is 5.95. The summed E-state index contributed by atoms with van der Waals surface area (Å²) in [6.45, 7) is 1.36. The van der Waals surface area contributed by atoms with E-state index < -0.39 is 12.1 Å². The van der Waals surface area contributed by atoms with Gasteiger partial charge in [-0.25, -0.2) is 4.79 Å². The minimum atomic E-state index is -0.746. The van der Waals surface area contributed by atoms with Gasteiger partial charge in [0.1, 0.15) is 0 Å². The highest BCUT2D eigenvalue weighted by atomic mass is 16.5. The Bertz CT molecular complexity index is 961. The summed E-state index contributed by atoms with van der Waals surface area (Å²) in [5, 5.41) is 4.10. The number of hydrogen-bond donors (Lipinski definition) is 1. The zero-order valence-corrected chi connectivity index (χ0v) is 14.4. The predicted molar refractivity (Wildman–Crippen MR) is 98.9 cm³/mol. The van der Waals surface area contributed by atoms with Crippen LogP contribution in [0.2, 0.25) is 0 Å². The van der Waals surface area contributed by atoms with Gasteiger partial charge in [-0.05, 0) is 35.6 Å². The number of rotatable bonds is 5. The molecule has 4 rings (SSSR count). The molecule has 1 amide bonds. The third kappa shape index (κ3) is 3.20. The molecule has 0 spiro atoms. The predicted octanol–water partition coefficient (Wildman–Crippen LogP) is 2.93. The van der Waals surface area contributed by atoms with E-state index >= 15 is 0 Å². The second-order valence-corrected chi connectivity index (χ2v) is 6.47. The van der Waals surface area contributed by atoms with Gasteiger partial charge in [-0.1, -0.05) is 36.4 Å². The fourth-order valence-corrected chi connectivity index (χ4v) is 3.39. The highest BCUT2D eigenvalue weighted by Gasteiger charge is 2.30. The van der Waals surface area contributed by atoms with Gasteiger partial charge in [0.05, 0.1) is 5.56 Å². The summed E-state index contributed by atoms with van der Waals surface area (Å²) in [5.74, 6) is -0.656. The van der Waals surface area contributed by atoms with E-state index in [2.05, 4.69) is 34.3 Å². The molecule has 1 atom stereocenters. The molecule has 0 unspecified atom stereocenters. The van der Waals surface area contributed by atoms with Crippen LogP contribution >= 0.6 is 0 Å². The van der Waals surface area contributed by atoms with Crippen molar-refractivity contribution in [3.8, 4) is 0 Å². The summed E-state index contributed by atoms with van der Waals surface area (Å²) >= 11 is 0. The summed E-state index contributed by atoms with van der Waals surface area (Å²) in [7, 11) is 0. The van der Waals surface area contributed by atoms with E-state index in [-0.39, 0.29) is 5.91 Å². The van der Waals surface area contributed by atoms with Gasteiger partial charge in [-0.3, -0.25) is 4.79 Å². The molecule has 3 aromatic rings. The molecular formula is C21H20N2O3. The molecule has 1 N–H and O–H groups in total. The second-order valence-electron chi connectivity index (χ2n) is 6.47. The minimum absolute atomic E-state index is 0.231. The lowest BCUT2D eigenvalue weighted by molar-refractivity contribution is -0.130. The average molecular weight is 348 g/mol. The van der Waals surface area contributed by atoms with Crippen LogP contribution < -0.4 is 5.32 Å².